The molecule has 1 amide bonds. The van der Waals surface area contributed by atoms with Crippen LogP contribution in [0, 0.1) is 6.92 Å². The standard InChI is InChI=1S/C11H18N4O/c1-4-11(12)6-15(7-11)10(16)9-5-13-14(3)8(9)2/h5H,4,6-7,12H2,1-3H3. The highest BCUT2D eigenvalue weighted by Gasteiger charge is 2.41. The molecule has 0 atom stereocenters. The van der Waals surface area contributed by atoms with Crippen molar-refractivity contribution in [2.24, 2.45) is 12.8 Å². The van der Waals surface area contributed by atoms with Crippen molar-refractivity contribution in [3.05, 3.63) is 17.5 Å². The van der Waals surface area contributed by atoms with Crippen molar-refractivity contribution < 1.29 is 4.79 Å². The summed E-state index contributed by atoms with van der Waals surface area (Å²) in [6, 6.07) is 0. The number of likely N-dealkylation sites (tertiary alicyclic amines) is 1. The molecule has 16 heavy (non-hydrogen) atoms. The van der Waals surface area contributed by atoms with Crippen LogP contribution in [-0.2, 0) is 7.05 Å². The van der Waals surface area contributed by atoms with E-state index in [2.05, 4.69) is 12.0 Å². The van der Waals surface area contributed by atoms with Gasteiger partial charge in [0, 0.05) is 25.8 Å². The lowest BCUT2D eigenvalue weighted by Crippen LogP contribution is -2.68. The minimum Gasteiger partial charge on any atom is -0.335 e. The number of nitrogens with two attached hydrogens (primary N) is 1. The third kappa shape index (κ3) is 1.61. The van der Waals surface area contributed by atoms with Gasteiger partial charge in [0.25, 0.3) is 5.91 Å². The Balaban J connectivity index is 2.09. The summed E-state index contributed by atoms with van der Waals surface area (Å²) >= 11 is 0. The van der Waals surface area contributed by atoms with Crippen LogP contribution < -0.4 is 5.73 Å². The highest BCUT2D eigenvalue weighted by Crippen LogP contribution is 2.24. The first-order valence-corrected chi connectivity index (χ1v) is 5.53. The van der Waals surface area contributed by atoms with Crippen molar-refractivity contribution in [3.8, 4) is 0 Å². The van der Waals surface area contributed by atoms with Crippen molar-refractivity contribution in [2.75, 3.05) is 13.1 Å². The molecule has 2 rings (SSSR count). The maximum atomic E-state index is 12.1. The largest absolute Gasteiger partial charge is 0.335 e. The summed E-state index contributed by atoms with van der Waals surface area (Å²) in [5.74, 6) is 0.0418. The number of aryl methyl sites for hydroxylation is 1. The van der Waals surface area contributed by atoms with Gasteiger partial charge in [-0.15, -0.1) is 0 Å². The van der Waals surface area contributed by atoms with Crippen LogP contribution in [0.2, 0.25) is 0 Å². The molecule has 1 aliphatic heterocycles. The number of amides is 1. The maximum absolute atomic E-state index is 12.1. The smallest absolute Gasteiger partial charge is 0.257 e. The molecule has 1 fully saturated rings. The summed E-state index contributed by atoms with van der Waals surface area (Å²) < 4.78 is 1.71. The molecule has 2 N–H and O–H groups in total. The Morgan fingerprint density at radius 2 is 2.25 bits per heavy atom. The van der Waals surface area contributed by atoms with E-state index in [1.165, 1.54) is 0 Å². The Morgan fingerprint density at radius 3 is 2.69 bits per heavy atom. The molecule has 0 radical (unpaired) electrons. The summed E-state index contributed by atoms with van der Waals surface area (Å²) in [4.78, 5) is 13.9. The van der Waals surface area contributed by atoms with Gasteiger partial charge < -0.3 is 10.6 Å². The Hall–Kier alpha value is -1.36. The second-order valence-electron chi connectivity index (χ2n) is 4.64. The SMILES string of the molecule is CCC1(N)CN(C(=O)c2cnn(C)c2C)C1. The second-order valence-corrected chi connectivity index (χ2v) is 4.64. The third-order valence-corrected chi connectivity index (χ3v) is 3.47. The van der Waals surface area contributed by atoms with Crippen LogP contribution in [0.15, 0.2) is 6.20 Å². The first-order chi connectivity index (χ1) is 7.47. The first-order valence-electron chi connectivity index (χ1n) is 5.53. The minimum absolute atomic E-state index is 0.0418. The van der Waals surface area contributed by atoms with E-state index < -0.39 is 0 Å². The van der Waals surface area contributed by atoms with E-state index in [9.17, 15) is 4.79 Å². The van der Waals surface area contributed by atoms with Crippen molar-refractivity contribution in [2.45, 2.75) is 25.8 Å². The number of nitrogens with zero attached hydrogens (tertiary/aromatic N) is 3. The molecule has 0 aromatic carbocycles. The lowest BCUT2D eigenvalue weighted by molar-refractivity contribution is 0.0400. The fraction of sp³-hybridized carbons (Fsp3) is 0.636. The number of hydrogen-bond acceptors (Lipinski definition) is 3. The summed E-state index contributed by atoms with van der Waals surface area (Å²) in [5.41, 5.74) is 7.44. The lowest BCUT2D eigenvalue weighted by Gasteiger charge is -2.47. The highest BCUT2D eigenvalue weighted by molar-refractivity contribution is 5.95. The number of hydrogen-bond donors (Lipinski definition) is 1. The van der Waals surface area contributed by atoms with Crippen molar-refractivity contribution in [1.29, 1.82) is 0 Å². The zero-order valence-corrected chi connectivity index (χ0v) is 10.0. The molecular weight excluding hydrogens is 204 g/mol. The van der Waals surface area contributed by atoms with E-state index in [4.69, 9.17) is 5.73 Å². The Morgan fingerprint density at radius 1 is 1.62 bits per heavy atom. The summed E-state index contributed by atoms with van der Waals surface area (Å²) in [6.07, 6.45) is 2.53. The van der Waals surface area contributed by atoms with E-state index in [0.717, 1.165) is 12.1 Å². The van der Waals surface area contributed by atoms with Gasteiger partial charge in [0.05, 0.1) is 17.3 Å². The van der Waals surface area contributed by atoms with Crippen LogP contribution in [0.4, 0.5) is 0 Å². The summed E-state index contributed by atoms with van der Waals surface area (Å²) in [6.45, 7) is 5.25. The van der Waals surface area contributed by atoms with Gasteiger partial charge >= 0.3 is 0 Å². The van der Waals surface area contributed by atoms with Crippen molar-refractivity contribution in [3.63, 3.8) is 0 Å². The molecule has 0 aliphatic carbocycles. The van der Waals surface area contributed by atoms with Gasteiger partial charge in [-0.3, -0.25) is 9.48 Å². The maximum Gasteiger partial charge on any atom is 0.257 e. The molecule has 2 heterocycles. The molecule has 1 aromatic heterocycles. The second kappa shape index (κ2) is 3.59. The van der Waals surface area contributed by atoms with Crippen LogP contribution in [-0.4, -0.2) is 39.2 Å². The van der Waals surface area contributed by atoms with Gasteiger partial charge in [0.1, 0.15) is 0 Å². The normalized spacial score (nSPS) is 18.4. The number of rotatable bonds is 2. The lowest BCUT2D eigenvalue weighted by atomic mass is 9.88. The molecule has 0 unspecified atom stereocenters. The van der Waals surface area contributed by atoms with E-state index >= 15 is 0 Å². The number of carbonyl (C=O) groups excluding carboxylic acids is 1. The Kier molecular flexibility index (Phi) is 2.50. The van der Waals surface area contributed by atoms with Gasteiger partial charge in [-0.05, 0) is 13.3 Å². The molecule has 0 saturated carbocycles. The highest BCUT2D eigenvalue weighted by atomic mass is 16.2. The Labute approximate surface area is 95.2 Å². The van der Waals surface area contributed by atoms with E-state index in [1.54, 1.807) is 15.8 Å². The number of carbonyl (C=O) groups is 1. The van der Waals surface area contributed by atoms with Crippen LogP contribution in [0.5, 0.6) is 0 Å². The van der Waals surface area contributed by atoms with Crippen molar-refractivity contribution >= 4 is 5.91 Å². The van der Waals surface area contributed by atoms with Gasteiger partial charge in [0.2, 0.25) is 0 Å². The fourth-order valence-electron chi connectivity index (χ4n) is 1.96. The van der Waals surface area contributed by atoms with Gasteiger partial charge in [0.15, 0.2) is 0 Å². The molecule has 0 bridgehead atoms. The average molecular weight is 222 g/mol. The Bertz CT molecular complexity index is 418. The average Bonchev–Trinajstić information content (AvgIpc) is 2.54. The predicted octanol–water partition coefficient (Wildman–Crippen LogP) is 0.292. The van der Waals surface area contributed by atoms with Gasteiger partial charge in [-0.2, -0.15) is 5.10 Å². The number of aromatic nitrogens is 2. The molecule has 5 heteroatoms. The molecule has 88 valence electrons. The fourth-order valence-corrected chi connectivity index (χ4v) is 1.96. The predicted molar refractivity (Wildman–Crippen MR) is 61.1 cm³/mol. The summed E-state index contributed by atoms with van der Waals surface area (Å²) in [5, 5.41) is 4.07. The molecule has 0 spiro atoms. The molecular formula is C11H18N4O. The first kappa shape index (κ1) is 11.1. The minimum atomic E-state index is -0.175. The van der Waals surface area contributed by atoms with Gasteiger partial charge in [-0.25, -0.2) is 0 Å². The van der Waals surface area contributed by atoms with Crippen molar-refractivity contribution in [1.82, 2.24) is 14.7 Å². The quantitative estimate of drug-likeness (QED) is 0.782. The third-order valence-electron chi connectivity index (χ3n) is 3.47. The van der Waals surface area contributed by atoms with E-state index in [0.29, 0.717) is 18.7 Å². The zero-order chi connectivity index (χ0) is 11.9. The van der Waals surface area contributed by atoms with Crippen LogP contribution in [0.1, 0.15) is 29.4 Å². The van der Waals surface area contributed by atoms with Crippen LogP contribution in [0.3, 0.4) is 0 Å². The zero-order valence-electron chi connectivity index (χ0n) is 10.0. The van der Waals surface area contributed by atoms with E-state index in [1.807, 2.05) is 14.0 Å². The molecule has 1 saturated heterocycles. The molecule has 1 aromatic rings. The monoisotopic (exact) mass is 222 g/mol. The van der Waals surface area contributed by atoms with Gasteiger partial charge in [-0.1, -0.05) is 6.92 Å². The topological polar surface area (TPSA) is 64.2 Å². The molecule has 5 nitrogen and oxygen atoms in total. The van der Waals surface area contributed by atoms with Crippen LogP contribution >= 0.6 is 0 Å². The van der Waals surface area contributed by atoms with E-state index in [-0.39, 0.29) is 11.4 Å². The van der Waals surface area contributed by atoms with Crippen LogP contribution in [0.25, 0.3) is 0 Å². The molecule has 1 aliphatic rings. The summed E-state index contributed by atoms with van der Waals surface area (Å²) in [7, 11) is 1.83.